The van der Waals surface area contributed by atoms with Crippen LogP contribution in [0.5, 0.6) is 0 Å². The smallest absolute Gasteiger partial charge is 0.164 e. The normalized spacial score (nSPS) is 13.4. The number of nitrogens with zero attached hydrogens (tertiary/aromatic N) is 3. The lowest BCUT2D eigenvalue weighted by molar-refractivity contribution is 0.445. The minimum Gasteiger partial charge on any atom is -0.456 e. The Balaban J connectivity index is 1.07. The summed E-state index contributed by atoms with van der Waals surface area (Å²) >= 11 is 0. The number of hydrogen-bond acceptors (Lipinski definition) is 4. The minimum atomic E-state index is 0.521. The van der Waals surface area contributed by atoms with Crippen LogP contribution in [0, 0.1) is 0 Å². The van der Waals surface area contributed by atoms with Gasteiger partial charge in [0.05, 0.1) is 0 Å². The maximum Gasteiger partial charge on any atom is 0.164 e. The lowest BCUT2D eigenvalue weighted by Crippen LogP contribution is -2.08. The highest BCUT2D eigenvalue weighted by Gasteiger charge is 2.25. The lowest BCUT2D eigenvalue weighted by Gasteiger charge is -2.28. The zero-order valence-corrected chi connectivity index (χ0v) is 32.7. The molecule has 10 aromatic rings. The largest absolute Gasteiger partial charge is 0.456 e. The highest BCUT2D eigenvalue weighted by Crippen LogP contribution is 2.46. The summed E-state index contributed by atoms with van der Waals surface area (Å²) in [5.41, 5.74) is 13.3. The quantitative estimate of drug-likeness (QED) is 0.162. The summed E-state index contributed by atoms with van der Waals surface area (Å²) in [6.07, 6.45) is 6.32. The van der Waals surface area contributed by atoms with Crippen molar-refractivity contribution in [2.45, 2.75) is 38.0 Å². The molecule has 0 radical (unpaired) electrons. The van der Waals surface area contributed by atoms with Crippen LogP contribution in [-0.2, 0) is 0 Å². The Hall–Kier alpha value is -7.17. The summed E-state index contributed by atoms with van der Waals surface area (Å²) in [5.74, 6) is 2.37. The highest BCUT2D eigenvalue weighted by molar-refractivity contribution is 6.19. The third-order valence-electron chi connectivity index (χ3n) is 12.1. The summed E-state index contributed by atoms with van der Waals surface area (Å²) in [6.45, 7) is 0. The molecule has 4 nitrogen and oxygen atoms in total. The average molecular weight is 760 g/mol. The van der Waals surface area contributed by atoms with Crippen molar-refractivity contribution >= 4 is 32.7 Å². The molecule has 0 aliphatic heterocycles. The number of rotatable bonds is 7. The van der Waals surface area contributed by atoms with Gasteiger partial charge in [0.25, 0.3) is 0 Å². The molecule has 11 rings (SSSR count). The van der Waals surface area contributed by atoms with E-state index >= 15 is 0 Å². The van der Waals surface area contributed by atoms with E-state index in [9.17, 15) is 0 Å². The van der Waals surface area contributed by atoms with E-state index in [1.807, 2.05) is 18.2 Å². The van der Waals surface area contributed by atoms with Gasteiger partial charge in [-0.2, -0.15) is 0 Å². The van der Waals surface area contributed by atoms with E-state index in [2.05, 4.69) is 164 Å². The summed E-state index contributed by atoms with van der Waals surface area (Å²) in [7, 11) is 0. The van der Waals surface area contributed by atoms with Crippen LogP contribution in [0.1, 0.15) is 43.6 Å². The first kappa shape index (κ1) is 35.0. The lowest BCUT2D eigenvalue weighted by atomic mass is 9.76. The van der Waals surface area contributed by atoms with E-state index in [1.54, 1.807) is 0 Å². The Morgan fingerprint density at radius 1 is 0.373 bits per heavy atom. The second-order valence-electron chi connectivity index (χ2n) is 15.8. The molecule has 0 N–H and O–H groups in total. The minimum absolute atomic E-state index is 0.521. The summed E-state index contributed by atoms with van der Waals surface area (Å²) < 4.78 is 6.48. The molecule has 1 fully saturated rings. The van der Waals surface area contributed by atoms with Crippen LogP contribution in [0.4, 0.5) is 0 Å². The van der Waals surface area contributed by atoms with E-state index < -0.39 is 0 Å². The van der Waals surface area contributed by atoms with Gasteiger partial charge in [0.2, 0.25) is 0 Å². The Bertz CT molecular complexity index is 3070. The van der Waals surface area contributed by atoms with E-state index in [-0.39, 0.29) is 0 Å². The summed E-state index contributed by atoms with van der Waals surface area (Å²) in [4.78, 5) is 15.4. The summed E-state index contributed by atoms with van der Waals surface area (Å²) in [5, 5.41) is 4.57. The van der Waals surface area contributed by atoms with Crippen LogP contribution in [0.25, 0.3) is 100 Å². The fraction of sp³-hybridized carbons (Fsp3) is 0.109. The highest BCUT2D eigenvalue weighted by atomic mass is 16.3. The fourth-order valence-electron chi connectivity index (χ4n) is 9.24. The second kappa shape index (κ2) is 15.0. The fourth-order valence-corrected chi connectivity index (χ4v) is 9.24. The predicted octanol–water partition coefficient (Wildman–Crippen LogP) is 15.0. The standard InChI is InChI=1S/C55H41N3O/c1-5-16-36(17-6-1)47-33-44(34-48(37-18-7-2-8-19-37)51(47)39-21-9-3-10-22-39)41-25-15-26-42(32-41)54-56-53(40-23-11-4-12-24-40)57-55(58-54)43-28-30-46-50(35-43)59-49-31-29-38-20-13-14-27-45(38)52(46)49/h1-2,4-8,11-20,23-35,39H,3,9-10,21-22H2. The Morgan fingerprint density at radius 2 is 0.932 bits per heavy atom. The van der Waals surface area contributed by atoms with Gasteiger partial charge in [-0.15, -0.1) is 0 Å². The molecule has 59 heavy (non-hydrogen) atoms. The predicted molar refractivity (Wildman–Crippen MR) is 243 cm³/mol. The van der Waals surface area contributed by atoms with Crippen molar-refractivity contribution in [1.82, 2.24) is 15.0 Å². The van der Waals surface area contributed by atoms with Crippen molar-refractivity contribution in [3.8, 4) is 67.5 Å². The maximum absolute atomic E-state index is 6.48. The zero-order valence-electron chi connectivity index (χ0n) is 32.7. The van der Waals surface area contributed by atoms with Crippen molar-refractivity contribution < 1.29 is 4.42 Å². The summed E-state index contributed by atoms with van der Waals surface area (Å²) in [6, 6.07) is 64.6. The molecule has 1 aliphatic rings. The molecule has 1 saturated carbocycles. The molecule has 4 heteroatoms. The molecule has 0 amide bonds. The average Bonchev–Trinajstić information content (AvgIpc) is 3.71. The molecule has 0 bridgehead atoms. The van der Waals surface area contributed by atoms with Crippen LogP contribution in [-0.4, -0.2) is 15.0 Å². The van der Waals surface area contributed by atoms with E-state index in [0.717, 1.165) is 44.2 Å². The molecule has 0 atom stereocenters. The van der Waals surface area contributed by atoms with Crippen molar-refractivity contribution in [3.63, 3.8) is 0 Å². The number of fused-ring (bicyclic) bond motifs is 5. The first-order valence-corrected chi connectivity index (χ1v) is 20.8. The van der Waals surface area contributed by atoms with Gasteiger partial charge in [0.15, 0.2) is 17.5 Å². The second-order valence-corrected chi connectivity index (χ2v) is 15.8. The Kier molecular flexibility index (Phi) is 8.89. The third kappa shape index (κ3) is 6.57. The first-order valence-electron chi connectivity index (χ1n) is 20.8. The van der Waals surface area contributed by atoms with Gasteiger partial charge in [-0.05, 0) is 105 Å². The van der Waals surface area contributed by atoms with Crippen molar-refractivity contribution in [3.05, 3.63) is 188 Å². The van der Waals surface area contributed by atoms with Crippen molar-refractivity contribution in [2.75, 3.05) is 0 Å². The van der Waals surface area contributed by atoms with Crippen molar-refractivity contribution in [2.24, 2.45) is 0 Å². The van der Waals surface area contributed by atoms with Gasteiger partial charge in [0, 0.05) is 27.5 Å². The molecule has 2 aromatic heterocycles. The van der Waals surface area contributed by atoms with E-state index in [4.69, 9.17) is 19.4 Å². The topological polar surface area (TPSA) is 51.8 Å². The molecule has 0 saturated heterocycles. The van der Waals surface area contributed by atoms with Crippen LogP contribution in [0.3, 0.4) is 0 Å². The molecular formula is C55H41N3O. The zero-order chi connectivity index (χ0) is 39.1. The van der Waals surface area contributed by atoms with Crippen LogP contribution in [0.15, 0.2) is 186 Å². The Labute approximate surface area is 343 Å². The molecule has 0 spiro atoms. The Morgan fingerprint density at radius 3 is 1.61 bits per heavy atom. The molecule has 0 unspecified atom stereocenters. The molecule has 1 aliphatic carbocycles. The molecule has 282 valence electrons. The van der Waals surface area contributed by atoms with Gasteiger partial charge in [-0.3, -0.25) is 0 Å². The number of benzene rings is 8. The molecule has 2 heterocycles. The van der Waals surface area contributed by atoms with Crippen LogP contribution in [0.2, 0.25) is 0 Å². The van der Waals surface area contributed by atoms with Gasteiger partial charge in [0.1, 0.15) is 11.2 Å². The van der Waals surface area contributed by atoms with Gasteiger partial charge >= 0.3 is 0 Å². The van der Waals surface area contributed by atoms with Gasteiger partial charge < -0.3 is 4.42 Å². The number of furan rings is 1. The third-order valence-corrected chi connectivity index (χ3v) is 12.1. The molecule has 8 aromatic carbocycles. The monoisotopic (exact) mass is 759 g/mol. The van der Waals surface area contributed by atoms with Crippen LogP contribution < -0.4 is 0 Å². The number of aromatic nitrogens is 3. The molecular weight excluding hydrogens is 719 g/mol. The van der Waals surface area contributed by atoms with Crippen LogP contribution >= 0.6 is 0 Å². The van der Waals surface area contributed by atoms with E-state index in [1.165, 1.54) is 76.3 Å². The van der Waals surface area contributed by atoms with E-state index in [0.29, 0.717) is 23.4 Å². The number of hydrogen-bond donors (Lipinski definition) is 0. The maximum atomic E-state index is 6.48. The van der Waals surface area contributed by atoms with Gasteiger partial charge in [-0.1, -0.05) is 165 Å². The SMILES string of the molecule is c1ccc(-c2nc(-c3cccc(-c4cc(-c5ccccc5)c(C5CCCCC5)c(-c5ccccc5)c4)c3)nc(-c3ccc4c(c3)oc3ccc5ccccc5c34)n2)cc1. The van der Waals surface area contributed by atoms with Crippen molar-refractivity contribution in [1.29, 1.82) is 0 Å². The first-order chi connectivity index (χ1) is 29.2. The van der Waals surface area contributed by atoms with Gasteiger partial charge in [-0.25, -0.2) is 15.0 Å².